The number of aromatic nitrogens is 1. The average Bonchev–Trinajstić information content (AvgIpc) is 2.80. The number of H-pyrrole nitrogens is 1. The Hall–Kier alpha value is -1.84. The molecule has 1 saturated heterocycles. The number of hydrogen-bond donors (Lipinski definition) is 1. The molecular formula is C15H20N2O2. The van der Waals surface area contributed by atoms with Crippen molar-refractivity contribution in [3.8, 4) is 0 Å². The van der Waals surface area contributed by atoms with Crippen molar-refractivity contribution >= 4 is 5.91 Å². The maximum absolute atomic E-state index is 11.9. The van der Waals surface area contributed by atoms with E-state index in [2.05, 4.69) is 4.98 Å². The summed E-state index contributed by atoms with van der Waals surface area (Å²) in [5, 5.41) is 0. The smallest absolute Gasteiger partial charge is 0.247 e. The van der Waals surface area contributed by atoms with E-state index >= 15 is 0 Å². The van der Waals surface area contributed by atoms with Crippen LogP contribution in [0.25, 0.3) is 0 Å². The molecule has 19 heavy (non-hydrogen) atoms. The summed E-state index contributed by atoms with van der Waals surface area (Å²) in [5.74, 6) is 0.601. The summed E-state index contributed by atoms with van der Waals surface area (Å²) in [6.45, 7) is 5.51. The summed E-state index contributed by atoms with van der Waals surface area (Å²) < 4.78 is 0. The fourth-order valence-corrected chi connectivity index (χ4v) is 2.44. The number of likely N-dealkylation sites (tertiary alicyclic amines) is 1. The van der Waals surface area contributed by atoms with Crippen molar-refractivity contribution in [2.45, 2.75) is 26.7 Å². The van der Waals surface area contributed by atoms with Gasteiger partial charge in [0.15, 0.2) is 0 Å². The lowest BCUT2D eigenvalue weighted by molar-refractivity contribution is -0.125. The van der Waals surface area contributed by atoms with Crippen molar-refractivity contribution in [2.75, 3.05) is 13.1 Å². The van der Waals surface area contributed by atoms with Gasteiger partial charge in [-0.3, -0.25) is 9.59 Å². The van der Waals surface area contributed by atoms with Crippen LogP contribution in [0.2, 0.25) is 0 Å². The lowest BCUT2D eigenvalue weighted by Crippen LogP contribution is -2.27. The van der Waals surface area contributed by atoms with E-state index < -0.39 is 0 Å². The van der Waals surface area contributed by atoms with E-state index in [1.165, 1.54) is 0 Å². The molecule has 1 fully saturated rings. The molecule has 1 aromatic rings. The number of carbonyl (C=O) groups is 1. The van der Waals surface area contributed by atoms with Crippen LogP contribution in [0.5, 0.6) is 0 Å². The van der Waals surface area contributed by atoms with Gasteiger partial charge in [0, 0.05) is 31.4 Å². The number of nitrogens with one attached hydrogen (secondary N) is 1. The summed E-state index contributed by atoms with van der Waals surface area (Å²) in [5.41, 5.74) is 2.09. The van der Waals surface area contributed by atoms with E-state index in [9.17, 15) is 9.59 Å². The Morgan fingerprint density at radius 3 is 2.89 bits per heavy atom. The van der Waals surface area contributed by atoms with Gasteiger partial charge in [0.1, 0.15) is 0 Å². The topological polar surface area (TPSA) is 53.2 Å². The molecule has 0 bridgehead atoms. The molecule has 1 atom stereocenters. The van der Waals surface area contributed by atoms with Crippen molar-refractivity contribution in [3.63, 3.8) is 0 Å². The molecule has 1 aliphatic heterocycles. The molecule has 0 aliphatic carbocycles. The van der Waals surface area contributed by atoms with Gasteiger partial charge in [0.25, 0.3) is 0 Å². The lowest BCUT2D eigenvalue weighted by atomic mass is 10.00. The molecule has 4 heteroatoms. The van der Waals surface area contributed by atoms with Crippen LogP contribution in [-0.4, -0.2) is 28.9 Å². The highest BCUT2D eigenvalue weighted by molar-refractivity contribution is 5.88. The SMILES string of the molecule is CC(C)=CC(=O)N1CCC(Cc2ccc(=O)[nH]c2)C1. The van der Waals surface area contributed by atoms with Crippen molar-refractivity contribution < 1.29 is 4.79 Å². The quantitative estimate of drug-likeness (QED) is 0.841. The van der Waals surface area contributed by atoms with E-state index in [0.717, 1.165) is 37.1 Å². The van der Waals surface area contributed by atoms with Crippen LogP contribution in [-0.2, 0) is 11.2 Å². The lowest BCUT2D eigenvalue weighted by Gasteiger charge is -2.14. The fraction of sp³-hybridized carbons (Fsp3) is 0.467. The molecule has 0 saturated carbocycles. The molecule has 0 spiro atoms. The minimum atomic E-state index is -0.0736. The average molecular weight is 260 g/mol. The van der Waals surface area contributed by atoms with Gasteiger partial charge in [-0.1, -0.05) is 11.6 Å². The minimum absolute atomic E-state index is 0.0736. The highest BCUT2D eigenvalue weighted by atomic mass is 16.2. The number of amides is 1. The number of hydrogen-bond acceptors (Lipinski definition) is 2. The molecule has 1 amide bonds. The highest BCUT2D eigenvalue weighted by Crippen LogP contribution is 2.20. The zero-order valence-electron chi connectivity index (χ0n) is 11.5. The molecule has 0 radical (unpaired) electrons. The Balaban J connectivity index is 1.92. The molecule has 2 heterocycles. The number of aromatic amines is 1. The summed E-state index contributed by atoms with van der Waals surface area (Å²) >= 11 is 0. The van der Waals surface area contributed by atoms with Crippen molar-refractivity contribution in [1.82, 2.24) is 9.88 Å². The second-order valence-electron chi connectivity index (χ2n) is 5.43. The van der Waals surface area contributed by atoms with Gasteiger partial charge in [-0.15, -0.1) is 0 Å². The van der Waals surface area contributed by atoms with Gasteiger partial charge in [-0.05, 0) is 38.2 Å². The van der Waals surface area contributed by atoms with E-state index in [0.29, 0.717) is 5.92 Å². The van der Waals surface area contributed by atoms with Crippen LogP contribution in [0.1, 0.15) is 25.8 Å². The van der Waals surface area contributed by atoms with Gasteiger partial charge in [-0.25, -0.2) is 0 Å². The number of rotatable bonds is 3. The Morgan fingerprint density at radius 1 is 1.47 bits per heavy atom. The van der Waals surface area contributed by atoms with Gasteiger partial charge >= 0.3 is 0 Å². The maximum Gasteiger partial charge on any atom is 0.247 e. The number of nitrogens with zero attached hydrogens (tertiary/aromatic N) is 1. The highest BCUT2D eigenvalue weighted by Gasteiger charge is 2.25. The third kappa shape index (κ3) is 3.81. The van der Waals surface area contributed by atoms with Crippen LogP contribution >= 0.6 is 0 Å². The molecule has 4 nitrogen and oxygen atoms in total. The Kier molecular flexibility index (Phi) is 4.20. The first-order chi connectivity index (χ1) is 9.04. The zero-order chi connectivity index (χ0) is 13.8. The second kappa shape index (κ2) is 5.87. The van der Waals surface area contributed by atoms with Crippen molar-refractivity contribution in [3.05, 3.63) is 45.9 Å². The first-order valence-electron chi connectivity index (χ1n) is 6.66. The van der Waals surface area contributed by atoms with Crippen molar-refractivity contribution in [2.24, 2.45) is 5.92 Å². The Morgan fingerprint density at radius 2 is 2.26 bits per heavy atom. The molecule has 102 valence electrons. The molecule has 1 aliphatic rings. The first kappa shape index (κ1) is 13.6. The summed E-state index contributed by atoms with van der Waals surface area (Å²) in [6.07, 6.45) is 5.40. The van der Waals surface area contributed by atoms with Crippen LogP contribution in [0.3, 0.4) is 0 Å². The predicted molar refractivity (Wildman–Crippen MR) is 74.9 cm³/mol. The van der Waals surface area contributed by atoms with Crippen LogP contribution < -0.4 is 5.56 Å². The fourth-order valence-electron chi connectivity index (χ4n) is 2.44. The largest absolute Gasteiger partial charge is 0.339 e. The number of carbonyl (C=O) groups excluding carboxylic acids is 1. The Labute approximate surface area is 113 Å². The maximum atomic E-state index is 11.9. The molecule has 1 N–H and O–H groups in total. The third-order valence-corrected chi connectivity index (χ3v) is 3.38. The van der Waals surface area contributed by atoms with Gasteiger partial charge < -0.3 is 9.88 Å². The molecular weight excluding hydrogens is 240 g/mol. The van der Waals surface area contributed by atoms with Gasteiger partial charge in [0.05, 0.1) is 0 Å². The van der Waals surface area contributed by atoms with Crippen LogP contribution in [0.4, 0.5) is 0 Å². The van der Waals surface area contributed by atoms with Gasteiger partial charge in [0.2, 0.25) is 11.5 Å². The monoisotopic (exact) mass is 260 g/mol. The van der Waals surface area contributed by atoms with E-state index in [1.54, 1.807) is 18.3 Å². The van der Waals surface area contributed by atoms with E-state index in [4.69, 9.17) is 0 Å². The number of pyridine rings is 1. The molecule has 1 aromatic heterocycles. The molecule has 2 rings (SSSR count). The van der Waals surface area contributed by atoms with Crippen molar-refractivity contribution in [1.29, 1.82) is 0 Å². The summed E-state index contributed by atoms with van der Waals surface area (Å²) in [7, 11) is 0. The second-order valence-corrected chi connectivity index (χ2v) is 5.43. The molecule has 1 unspecified atom stereocenters. The standard InChI is InChI=1S/C15H20N2O2/c1-11(2)7-15(19)17-6-5-13(10-17)8-12-3-4-14(18)16-9-12/h3-4,7,9,13H,5-6,8,10H2,1-2H3,(H,16,18). The summed E-state index contributed by atoms with van der Waals surface area (Å²) in [4.78, 5) is 27.5. The molecule has 0 aromatic carbocycles. The van der Waals surface area contributed by atoms with E-state index in [1.807, 2.05) is 24.8 Å². The van der Waals surface area contributed by atoms with Crippen LogP contribution in [0.15, 0.2) is 34.8 Å². The first-order valence-corrected chi connectivity index (χ1v) is 6.66. The third-order valence-electron chi connectivity index (χ3n) is 3.38. The predicted octanol–water partition coefficient (Wildman–Crippen LogP) is 1.73. The van der Waals surface area contributed by atoms with Crippen LogP contribution in [0, 0.1) is 5.92 Å². The normalized spacial score (nSPS) is 18.4. The zero-order valence-corrected chi connectivity index (χ0v) is 11.5. The summed E-state index contributed by atoms with van der Waals surface area (Å²) in [6, 6.07) is 3.41. The Bertz CT molecular complexity index is 521. The number of allylic oxidation sites excluding steroid dienone is 1. The van der Waals surface area contributed by atoms with E-state index in [-0.39, 0.29) is 11.5 Å². The minimum Gasteiger partial charge on any atom is -0.339 e. The van der Waals surface area contributed by atoms with Gasteiger partial charge in [-0.2, -0.15) is 0 Å².